The van der Waals surface area contributed by atoms with Crippen molar-refractivity contribution in [2.24, 2.45) is 0 Å². The molecule has 0 radical (unpaired) electrons. The van der Waals surface area contributed by atoms with Crippen LogP contribution in [0.3, 0.4) is 0 Å². The van der Waals surface area contributed by atoms with Crippen molar-refractivity contribution in [3.63, 3.8) is 0 Å². The van der Waals surface area contributed by atoms with Crippen LogP contribution in [0.5, 0.6) is 0 Å². The van der Waals surface area contributed by atoms with E-state index in [9.17, 15) is 4.79 Å². The van der Waals surface area contributed by atoms with Gasteiger partial charge in [0.1, 0.15) is 5.82 Å². The molecule has 0 N–H and O–H groups in total. The van der Waals surface area contributed by atoms with Gasteiger partial charge in [0.25, 0.3) is 0 Å². The molecule has 1 aromatic carbocycles. The molecule has 170 valence electrons. The van der Waals surface area contributed by atoms with Crippen molar-refractivity contribution in [2.45, 2.75) is 44.3 Å². The number of piperidine rings is 1. The van der Waals surface area contributed by atoms with Crippen molar-refractivity contribution in [3.8, 4) is 11.4 Å². The molecule has 4 heterocycles. The predicted octanol–water partition coefficient (Wildman–Crippen LogP) is 3.81. The number of fused-ring (bicyclic) bond motifs is 1. The smallest absolute Gasteiger partial charge is 0.233 e. The average Bonchev–Trinajstić information content (AvgIpc) is 3.46. The molecular weight excluding hydrogens is 434 g/mol. The van der Waals surface area contributed by atoms with Crippen molar-refractivity contribution in [3.05, 3.63) is 60.0 Å². The molecule has 0 unspecified atom stereocenters. The number of pyridine rings is 1. The summed E-state index contributed by atoms with van der Waals surface area (Å²) in [7, 11) is 0. The fraction of sp³-hybridized carbons (Fsp3) is 0.375. The number of thioether (sulfide) groups is 1. The molecule has 0 saturated carbocycles. The fourth-order valence-corrected chi connectivity index (χ4v) is 5.33. The first-order chi connectivity index (χ1) is 16.1. The molecule has 1 amide bonds. The number of rotatable bonds is 6. The van der Waals surface area contributed by atoms with Gasteiger partial charge in [-0.1, -0.05) is 41.6 Å². The molecule has 1 aliphatic rings. The molecule has 0 atom stereocenters. The Bertz CT molecular complexity index is 1270. The minimum Gasteiger partial charge on any atom is -0.342 e. The molecule has 1 aliphatic heterocycles. The summed E-state index contributed by atoms with van der Waals surface area (Å²) < 4.78 is 4.14. The Morgan fingerprint density at radius 1 is 1.06 bits per heavy atom. The number of carbonyl (C=O) groups is 1. The van der Waals surface area contributed by atoms with E-state index in [1.54, 1.807) is 0 Å². The topological polar surface area (TPSA) is 81.2 Å². The largest absolute Gasteiger partial charge is 0.342 e. The SMILES string of the molecule is CCn1c(SCC(=O)N2CCC(c3nnc4ccccn34)CC2)nnc1-c1cccc(C)c1. The highest BCUT2D eigenvalue weighted by molar-refractivity contribution is 7.99. The van der Waals surface area contributed by atoms with Crippen LogP contribution in [0.15, 0.2) is 53.8 Å². The van der Waals surface area contributed by atoms with Gasteiger partial charge in [-0.05, 0) is 44.9 Å². The molecule has 5 rings (SSSR count). The molecule has 33 heavy (non-hydrogen) atoms. The lowest BCUT2D eigenvalue weighted by Gasteiger charge is -2.31. The van der Waals surface area contributed by atoms with E-state index in [0.717, 1.165) is 60.5 Å². The standard InChI is InChI=1S/C24H27N7OS/c1-3-30-23(19-8-6-7-17(2)15-19)27-28-24(30)33-16-21(32)29-13-10-18(11-14-29)22-26-25-20-9-4-5-12-31(20)22/h4-9,12,15,18H,3,10-11,13-14,16H2,1-2H3. The van der Waals surface area contributed by atoms with Gasteiger partial charge >= 0.3 is 0 Å². The number of hydrogen-bond acceptors (Lipinski definition) is 6. The first kappa shape index (κ1) is 21.6. The molecule has 0 aliphatic carbocycles. The van der Waals surface area contributed by atoms with Crippen LogP contribution in [0.1, 0.15) is 37.1 Å². The van der Waals surface area contributed by atoms with Crippen LogP contribution in [0.4, 0.5) is 0 Å². The summed E-state index contributed by atoms with van der Waals surface area (Å²) in [5.74, 6) is 2.67. The maximum absolute atomic E-state index is 12.9. The van der Waals surface area contributed by atoms with Crippen LogP contribution in [0, 0.1) is 6.92 Å². The second-order valence-corrected chi connectivity index (χ2v) is 9.29. The third-order valence-corrected chi connectivity index (χ3v) is 7.14. The zero-order valence-electron chi connectivity index (χ0n) is 18.9. The van der Waals surface area contributed by atoms with E-state index in [2.05, 4.69) is 55.3 Å². The van der Waals surface area contributed by atoms with Gasteiger partial charge in [0.05, 0.1) is 5.75 Å². The molecule has 0 bridgehead atoms. The van der Waals surface area contributed by atoms with Gasteiger partial charge in [0, 0.05) is 37.3 Å². The first-order valence-corrected chi connectivity index (χ1v) is 12.3. The van der Waals surface area contributed by atoms with Crippen molar-refractivity contribution in [1.82, 2.24) is 34.3 Å². The van der Waals surface area contributed by atoms with E-state index in [-0.39, 0.29) is 5.91 Å². The van der Waals surface area contributed by atoms with Gasteiger partial charge in [0.15, 0.2) is 16.6 Å². The van der Waals surface area contributed by atoms with E-state index < -0.39 is 0 Å². The van der Waals surface area contributed by atoms with Gasteiger partial charge in [0.2, 0.25) is 5.91 Å². The van der Waals surface area contributed by atoms with Gasteiger partial charge in [-0.15, -0.1) is 20.4 Å². The molecule has 1 fully saturated rings. The monoisotopic (exact) mass is 461 g/mol. The Labute approximate surface area is 197 Å². The second kappa shape index (κ2) is 9.35. The molecule has 9 heteroatoms. The van der Waals surface area contributed by atoms with Crippen molar-refractivity contribution < 1.29 is 4.79 Å². The van der Waals surface area contributed by atoms with E-state index >= 15 is 0 Å². The summed E-state index contributed by atoms with van der Waals surface area (Å²) in [5, 5.41) is 18.2. The summed E-state index contributed by atoms with van der Waals surface area (Å²) in [6.07, 6.45) is 3.80. The molecule has 4 aromatic rings. The number of benzene rings is 1. The quantitative estimate of drug-likeness (QED) is 0.406. The molecular formula is C24H27N7OS. The Morgan fingerprint density at radius 3 is 2.70 bits per heavy atom. The number of aryl methyl sites for hydroxylation is 1. The van der Waals surface area contributed by atoms with E-state index in [1.165, 1.54) is 17.3 Å². The van der Waals surface area contributed by atoms with Gasteiger partial charge < -0.3 is 9.47 Å². The number of aromatic nitrogens is 6. The normalized spacial score (nSPS) is 14.8. The lowest BCUT2D eigenvalue weighted by atomic mass is 9.96. The molecule has 3 aromatic heterocycles. The summed E-state index contributed by atoms with van der Waals surface area (Å²) in [4.78, 5) is 14.9. The van der Waals surface area contributed by atoms with Crippen LogP contribution in [0.25, 0.3) is 17.0 Å². The highest BCUT2D eigenvalue weighted by Gasteiger charge is 2.27. The summed E-state index contributed by atoms with van der Waals surface area (Å²) in [6.45, 7) is 6.37. The van der Waals surface area contributed by atoms with Crippen molar-refractivity contribution in [2.75, 3.05) is 18.8 Å². The predicted molar refractivity (Wildman–Crippen MR) is 128 cm³/mol. The highest BCUT2D eigenvalue weighted by Crippen LogP contribution is 2.29. The van der Waals surface area contributed by atoms with E-state index in [4.69, 9.17) is 0 Å². The minimum absolute atomic E-state index is 0.146. The van der Waals surface area contributed by atoms with Gasteiger partial charge in [-0.3, -0.25) is 9.20 Å². The summed E-state index contributed by atoms with van der Waals surface area (Å²) >= 11 is 1.47. The van der Waals surface area contributed by atoms with E-state index in [1.807, 2.05) is 41.4 Å². The Kier molecular flexibility index (Phi) is 6.13. The summed E-state index contributed by atoms with van der Waals surface area (Å²) in [6, 6.07) is 14.2. The number of nitrogens with zero attached hydrogens (tertiary/aromatic N) is 7. The van der Waals surface area contributed by atoms with Crippen LogP contribution >= 0.6 is 11.8 Å². The van der Waals surface area contributed by atoms with Gasteiger partial charge in [-0.2, -0.15) is 0 Å². The third-order valence-electron chi connectivity index (χ3n) is 6.19. The Balaban J connectivity index is 1.20. The van der Waals surface area contributed by atoms with Crippen LogP contribution < -0.4 is 0 Å². The lowest BCUT2D eigenvalue weighted by Crippen LogP contribution is -2.39. The van der Waals surface area contributed by atoms with Crippen LogP contribution in [0.2, 0.25) is 0 Å². The third kappa shape index (κ3) is 4.37. The number of carbonyl (C=O) groups excluding carboxylic acids is 1. The van der Waals surface area contributed by atoms with Crippen molar-refractivity contribution >= 4 is 23.3 Å². The molecule has 0 spiro atoms. The fourth-order valence-electron chi connectivity index (χ4n) is 4.42. The Hall–Kier alpha value is -3.20. The first-order valence-electron chi connectivity index (χ1n) is 11.3. The second-order valence-electron chi connectivity index (χ2n) is 8.35. The zero-order valence-corrected chi connectivity index (χ0v) is 19.7. The lowest BCUT2D eigenvalue weighted by molar-refractivity contribution is -0.129. The molecule has 8 nitrogen and oxygen atoms in total. The van der Waals surface area contributed by atoms with Crippen LogP contribution in [-0.2, 0) is 11.3 Å². The average molecular weight is 462 g/mol. The Morgan fingerprint density at radius 2 is 1.91 bits per heavy atom. The summed E-state index contributed by atoms with van der Waals surface area (Å²) in [5.41, 5.74) is 3.10. The number of amides is 1. The molecule has 1 saturated heterocycles. The number of likely N-dealkylation sites (tertiary alicyclic amines) is 1. The highest BCUT2D eigenvalue weighted by atomic mass is 32.2. The maximum Gasteiger partial charge on any atom is 0.233 e. The number of hydrogen-bond donors (Lipinski definition) is 0. The van der Waals surface area contributed by atoms with E-state index in [0.29, 0.717) is 11.7 Å². The minimum atomic E-state index is 0.146. The van der Waals surface area contributed by atoms with Crippen LogP contribution in [-0.4, -0.2) is 59.0 Å². The zero-order chi connectivity index (χ0) is 22.8. The maximum atomic E-state index is 12.9. The van der Waals surface area contributed by atoms with Gasteiger partial charge in [-0.25, -0.2) is 0 Å². The van der Waals surface area contributed by atoms with Crippen molar-refractivity contribution in [1.29, 1.82) is 0 Å².